The Bertz CT molecular complexity index is 546. The van der Waals surface area contributed by atoms with Crippen molar-refractivity contribution >= 4 is 34.5 Å². The van der Waals surface area contributed by atoms with Crippen molar-refractivity contribution in [1.29, 1.82) is 0 Å². The summed E-state index contributed by atoms with van der Waals surface area (Å²) < 4.78 is 13.3. The fourth-order valence-corrected chi connectivity index (χ4v) is 2.27. The van der Waals surface area contributed by atoms with Crippen LogP contribution in [-0.2, 0) is 9.59 Å². The minimum Gasteiger partial charge on any atom is -0.324 e. The van der Waals surface area contributed by atoms with E-state index in [0.717, 1.165) is 16.7 Å². The number of halogens is 1. The first-order valence-corrected chi connectivity index (χ1v) is 6.49. The number of benzene rings is 1. The van der Waals surface area contributed by atoms with Crippen molar-refractivity contribution < 1.29 is 18.8 Å². The van der Waals surface area contributed by atoms with Crippen LogP contribution in [0.5, 0.6) is 0 Å². The van der Waals surface area contributed by atoms with Crippen molar-refractivity contribution in [3.63, 3.8) is 0 Å². The number of nitrogens with one attached hydrogen (secondary N) is 1. The zero-order valence-electron chi connectivity index (χ0n) is 10.1. The van der Waals surface area contributed by atoms with Crippen LogP contribution in [0.1, 0.15) is 5.56 Å². The van der Waals surface area contributed by atoms with E-state index < -0.39 is 17.0 Å². The van der Waals surface area contributed by atoms with Crippen LogP contribution >= 0.6 is 11.8 Å². The summed E-state index contributed by atoms with van der Waals surface area (Å²) in [6.07, 6.45) is 0. The molecular weight excluding hydrogens is 271 g/mol. The van der Waals surface area contributed by atoms with Gasteiger partial charge in [-0.1, -0.05) is 17.8 Å². The molecule has 0 unspecified atom stereocenters. The normalized spacial score (nSPS) is 14.9. The van der Waals surface area contributed by atoms with Crippen molar-refractivity contribution in [2.24, 2.45) is 0 Å². The molecule has 0 bridgehead atoms. The van der Waals surface area contributed by atoms with Gasteiger partial charge in [0.05, 0.1) is 5.75 Å². The summed E-state index contributed by atoms with van der Waals surface area (Å²) in [6.45, 7) is 1.26. The number of rotatable bonds is 3. The molecule has 19 heavy (non-hydrogen) atoms. The monoisotopic (exact) mass is 282 g/mol. The highest BCUT2D eigenvalue weighted by Gasteiger charge is 2.31. The van der Waals surface area contributed by atoms with Crippen molar-refractivity contribution in [1.82, 2.24) is 4.90 Å². The minimum absolute atomic E-state index is 0.0608. The molecule has 1 aromatic carbocycles. The van der Waals surface area contributed by atoms with Crippen LogP contribution in [0, 0.1) is 12.7 Å². The van der Waals surface area contributed by atoms with E-state index in [0.29, 0.717) is 11.3 Å². The van der Waals surface area contributed by atoms with E-state index in [1.54, 1.807) is 13.0 Å². The highest BCUT2D eigenvalue weighted by molar-refractivity contribution is 8.14. The number of aryl methyl sites for hydroxylation is 1. The largest absolute Gasteiger partial charge is 0.324 e. The predicted octanol–water partition coefficient (Wildman–Crippen LogP) is 1.77. The van der Waals surface area contributed by atoms with E-state index in [1.807, 2.05) is 0 Å². The number of thioether (sulfide) groups is 1. The summed E-state index contributed by atoms with van der Waals surface area (Å²) in [6, 6.07) is 4.28. The molecule has 100 valence electrons. The Morgan fingerprint density at radius 3 is 2.79 bits per heavy atom. The van der Waals surface area contributed by atoms with Crippen LogP contribution in [0.3, 0.4) is 0 Å². The lowest BCUT2D eigenvalue weighted by Crippen LogP contribution is -2.36. The molecule has 0 atom stereocenters. The van der Waals surface area contributed by atoms with Crippen molar-refractivity contribution in [2.45, 2.75) is 6.92 Å². The van der Waals surface area contributed by atoms with Gasteiger partial charge in [0.15, 0.2) is 0 Å². The lowest BCUT2D eigenvalue weighted by atomic mass is 10.2. The van der Waals surface area contributed by atoms with Gasteiger partial charge >= 0.3 is 0 Å². The molecule has 1 aliphatic rings. The maximum Gasteiger partial charge on any atom is 0.289 e. The highest BCUT2D eigenvalue weighted by Crippen LogP contribution is 2.19. The fraction of sp³-hybridized carbons (Fsp3) is 0.250. The summed E-state index contributed by atoms with van der Waals surface area (Å²) >= 11 is 0.864. The number of carbonyl (C=O) groups is 3. The summed E-state index contributed by atoms with van der Waals surface area (Å²) in [5.41, 5.74) is 0.763. The second-order valence-corrected chi connectivity index (χ2v) is 4.97. The number of nitrogens with zero attached hydrogens (tertiary/aromatic N) is 1. The summed E-state index contributed by atoms with van der Waals surface area (Å²) in [7, 11) is 0. The summed E-state index contributed by atoms with van der Waals surface area (Å²) in [4.78, 5) is 35.2. The Labute approximate surface area is 113 Å². The average molecular weight is 282 g/mol. The zero-order chi connectivity index (χ0) is 14.0. The van der Waals surface area contributed by atoms with Gasteiger partial charge in [0, 0.05) is 5.69 Å². The molecule has 0 spiro atoms. The van der Waals surface area contributed by atoms with E-state index in [2.05, 4.69) is 5.32 Å². The van der Waals surface area contributed by atoms with Gasteiger partial charge < -0.3 is 5.32 Å². The van der Waals surface area contributed by atoms with Crippen LogP contribution in [0.25, 0.3) is 0 Å². The lowest BCUT2D eigenvalue weighted by molar-refractivity contribution is -0.128. The van der Waals surface area contributed by atoms with E-state index in [1.165, 1.54) is 12.1 Å². The Morgan fingerprint density at radius 2 is 2.21 bits per heavy atom. The molecule has 7 heteroatoms. The number of amides is 3. The van der Waals surface area contributed by atoms with Crippen LogP contribution in [-0.4, -0.2) is 34.3 Å². The highest BCUT2D eigenvalue weighted by atomic mass is 32.2. The van der Waals surface area contributed by atoms with Crippen molar-refractivity contribution in [2.75, 3.05) is 17.6 Å². The fourth-order valence-electron chi connectivity index (χ4n) is 1.55. The van der Waals surface area contributed by atoms with Gasteiger partial charge in [-0.15, -0.1) is 0 Å². The number of imide groups is 1. The van der Waals surface area contributed by atoms with E-state index in [-0.39, 0.29) is 18.2 Å². The minimum atomic E-state index is -0.535. The molecular formula is C12H11FN2O3S. The molecule has 1 aliphatic heterocycles. The predicted molar refractivity (Wildman–Crippen MR) is 69.3 cm³/mol. The first-order valence-electron chi connectivity index (χ1n) is 5.50. The van der Waals surface area contributed by atoms with Crippen molar-refractivity contribution in [3.8, 4) is 0 Å². The van der Waals surface area contributed by atoms with E-state index in [4.69, 9.17) is 0 Å². The quantitative estimate of drug-likeness (QED) is 0.917. The topological polar surface area (TPSA) is 66.5 Å². The maximum absolute atomic E-state index is 13.3. The van der Waals surface area contributed by atoms with Gasteiger partial charge in [0.2, 0.25) is 11.8 Å². The van der Waals surface area contributed by atoms with Gasteiger partial charge in [0.1, 0.15) is 12.4 Å². The Balaban J connectivity index is 1.99. The van der Waals surface area contributed by atoms with Crippen LogP contribution < -0.4 is 5.32 Å². The van der Waals surface area contributed by atoms with Gasteiger partial charge in [0.25, 0.3) is 5.24 Å². The molecule has 1 N–H and O–H groups in total. The molecule has 1 aromatic rings. The number of hydrogen-bond donors (Lipinski definition) is 1. The second kappa shape index (κ2) is 5.40. The third-order valence-electron chi connectivity index (χ3n) is 2.60. The second-order valence-electron chi connectivity index (χ2n) is 4.05. The number of anilines is 1. The first-order chi connectivity index (χ1) is 8.97. The third kappa shape index (κ3) is 3.11. The van der Waals surface area contributed by atoms with E-state index >= 15 is 0 Å². The van der Waals surface area contributed by atoms with Crippen LogP contribution in [0.15, 0.2) is 18.2 Å². The molecule has 0 aromatic heterocycles. The molecule has 3 amide bonds. The van der Waals surface area contributed by atoms with Gasteiger partial charge in [-0.25, -0.2) is 4.39 Å². The summed E-state index contributed by atoms with van der Waals surface area (Å²) in [5, 5.41) is 2.01. The van der Waals surface area contributed by atoms with Gasteiger partial charge in [-0.05, 0) is 24.6 Å². The SMILES string of the molecule is Cc1ccc(NC(=O)CN2C(=O)CSC2=O)cc1F. The molecule has 0 aliphatic carbocycles. The van der Waals surface area contributed by atoms with Gasteiger partial charge in [-0.3, -0.25) is 19.3 Å². The average Bonchev–Trinajstić information content (AvgIpc) is 2.66. The maximum atomic E-state index is 13.3. The van der Waals surface area contributed by atoms with Crippen molar-refractivity contribution in [3.05, 3.63) is 29.6 Å². The van der Waals surface area contributed by atoms with Crippen LogP contribution in [0.2, 0.25) is 0 Å². The van der Waals surface area contributed by atoms with Gasteiger partial charge in [-0.2, -0.15) is 0 Å². The number of hydrogen-bond acceptors (Lipinski definition) is 4. The summed E-state index contributed by atoms with van der Waals surface area (Å²) in [5.74, 6) is -1.29. The molecule has 2 rings (SSSR count). The third-order valence-corrected chi connectivity index (χ3v) is 3.46. The standard InChI is InChI=1S/C12H11FN2O3S/c1-7-2-3-8(4-9(7)13)14-10(16)5-15-11(17)6-19-12(15)18/h2-4H,5-6H2,1H3,(H,14,16). The molecule has 1 heterocycles. The molecule has 5 nitrogen and oxygen atoms in total. The Kier molecular flexibility index (Phi) is 3.84. The Morgan fingerprint density at radius 1 is 1.47 bits per heavy atom. The molecule has 1 fully saturated rings. The number of carbonyl (C=O) groups excluding carboxylic acids is 3. The van der Waals surface area contributed by atoms with E-state index in [9.17, 15) is 18.8 Å². The first kappa shape index (κ1) is 13.5. The zero-order valence-corrected chi connectivity index (χ0v) is 10.9. The molecule has 1 saturated heterocycles. The molecule has 0 radical (unpaired) electrons. The lowest BCUT2D eigenvalue weighted by Gasteiger charge is -2.12. The Hall–Kier alpha value is -1.89. The van der Waals surface area contributed by atoms with Crippen LogP contribution in [0.4, 0.5) is 14.9 Å². The molecule has 0 saturated carbocycles. The smallest absolute Gasteiger partial charge is 0.289 e.